The van der Waals surface area contributed by atoms with Crippen molar-refractivity contribution in [3.05, 3.63) is 69.7 Å². The lowest BCUT2D eigenvalue weighted by molar-refractivity contribution is -0.131. The number of aromatic amines is 1. The van der Waals surface area contributed by atoms with Gasteiger partial charge in [-0.3, -0.25) is 9.59 Å². The summed E-state index contributed by atoms with van der Waals surface area (Å²) >= 11 is 0. The van der Waals surface area contributed by atoms with Gasteiger partial charge in [-0.25, -0.2) is 18.9 Å². The number of fused-ring (bicyclic) bond motifs is 1. The second kappa shape index (κ2) is 8.04. The van der Waals surface area contributed by atoms with E-state index >= 15 is 4.39 Å². The fraction of sp³-hybridized carbons (Fsp3) is 0.385. The molecule has 1 aliphatic heterocycles. The molecule has 0 spiro atoms. The van der Waals surface area contributed by atoms with E-state index in [0.29, 0.717) is 37.2 Å². The second-order valence-corrected chi connectivity index (χ2v) is 9.66. The number of halogens is 1. The summed E-state index contributed by atoms with van der Waals surface area (Å²) in [6.07, 6.45) is 4.54. The Morgan fingerprint density at radius 2 is 1.85 bits per heavy atom. The summed E-state index contributed by atoms with van der Waals surface area (Å²) in [6, 6.07) is 10.4. The number of aryl methyl sites for hydroxylation is 1. The normalized spacial score (nSPS) is 19.6. The first kappa shape index (κ1) is 21.0. The molecular weight excluding hydrogens is 435 g/mol. The number of likely N-dealkylation sites (tertiary alicyclic amines) is 1. The van der Waals surface area contributed by atoms with Crippen LogP contribution < -0.4 is 5.69 Å². The van der Waals surface area contributed by atoms with Gasteiger partial charge in [-0.1, -0.05) is 24.3 Å². The lowest BCUT2D eigenvalue weighted by Crippen LogP contribution is -2.30. The van der Waals surface area contributed by atoms with Gasteiger partial charge in [0.25, 0.3) is 0 Å². The average Bonchev–Trinajstić information content (AvgIpc) is 3.33. The number of carbonyl (C=O) groups excluding carboxylic acids is 2. The van der Waals surface area contributed by atoms with Crippen LogP contribution in [0.25, 0.3) is 16.8 Å². The monoisotopic (exact) mass is 460 g/mol. The van der Waals surface area contributed by atoms with Crippen LogP contribution in [-0.4, -0.2) is 44.4 Å². The van der Waals surface area contributed by atoms with Crippen LogP contribution in [0.2, 0.25) is 0 Å². The molecule has 34 heavy (non-hydrogen) atoms. The molecule has 1 saturated heterocycles. The van der Waals surface area contributed by atoms with Gasteiger partial charge in [0.2, 0.25) is 5.91 Å². The lowest BCUT2D eigenvalue weighted by Gasteiger charge is -2.16. The highest BCUT2D eigenvalue weighted by Crippen LogP contribution is 2.34. The highest BCUT2D eigenvalue weighted by atomic mass is 19.1. The van der Waals surface area contributed by atoms with Gasteiger partial charge >= 0.3 is 5.69 Å². The number of H-pyrrole nitrogens is 1. The van der Waals surface area contributed by atoms with Gasteiger partial charge in [-0.2, -0.15) is 5.10 Å². The number of carbonyl (C=O) groups is 2. The van der Waals surface area contributed by atoms with E-state index in [1.807, 2.05) is 23.1 Å². The summed E-state index contributed by atoms with van der Waals surface area (Å²) in [6.45, 7) is 1.38. The standard InChI is InChI=1S/C26H25FN4O3/c27-21-13-18(17-3-6-20-19(12-17)5-8-23(20)32)4-7-22(21)31-24(28-29-26(31)34)11-15-9-10-30(14-15)25(33)16-1-2-16/h3-4,6-7,12-13,15-16H,1-2,5,8-11,14H2,(H,29,34)/t15-/m0/s1. The summed E-state index contributed by atoms with van der Waals surface area (Å²) in [5.41, 5.74) is 2.93. The van der Waals surface area contributed by atoms with E-state index < -0.39 is 11.5 Å². The summed E-state index contributed by atoms with van der Waals surface area (Å²) < 4.78 is 16.6. The summed E-state index contributed by atoms with van der Waals surface area (Å²) in [5.74, 6) is 0.722. The number of nitrogens with one attached hydrogen (secondary N) is 1. The molecule has 1 amide bonds. The molecule has 174 valence electrons. The molecule has 0 radical (unpaired) electrons. The topological polar surface area (TPSA) is 88.1 Å². The Bertz CT molecular complexity index is 1370. The molecule has 0 unspecified atom stereocenters. The van der Waals surface area contributed by atoms with Crippen LogP contribution in [-0.2, 0) is 17.6 Å². The van der Waals surface area contributed by atoms with Crippen molar-refractivity contribution in [2.24, 2.45) is 11.8 Å². The number of hydrogen-bond donors (Lipinski definition) is 1. The third-order valence-electron chi connectivity index (χ3n) is 7.29. The van der Waals surface area contributed by atoms with Gasteiger partial charge in [0, 0.05) is 37.4 Å². The molecular formula is C26H25FN4O3. The molecule has 7 nitrogen and oxygen atoms in total. The van der Waals surface area contributed by atoms with Crippen molar-refractivity contribution in [3.8, 4) is 16.8 Å². The maximum absolute atomic E-state index is 15.3. The van der Waals surface area contributed by atoms with Gasteiger partial charge in [0.05, 0.1) is 5.69 Å². The van der Waals surface area contributed by atoms with E-state index in [-0.39, 0.29) is 29.2 Å². The summed E-state index contributed by atoms with van der Waals surface area (Å²) in [7, 11) is 0. The van der Waals surface area contributed by atoms with Crippen molar-refractivity contribution in [2.45, 2.75) is 38.5 Å². The molecule has 3 aromatic rings. The Hall–Kier alpha value is -3.55. The third kappa shape index (κ3) is 3.67. The van der Waals surface area contributed by atoms with Gasteiger partial charge < -0.3 is 4.90 Å². The molecule has 1 aromatic heterocycles. The van der Waals surface area contributed by atoms with Crippen LogP contribution in [0.4, 0.5) is 4.39 Å². The largest absolute Gasteiger partial charge is 0.348 e. The second-order valence-electron chi connectivity index (χ2n) is 9.66. The van der Waals surface area contributed by atoms with Crippen molar-refractivity contribution in [1.29, 1.82) is 0 Å². The highest BCUT2D eigenvalue weighted by molar-refractivity contribution is 6.01. The number of aromatic nitrogens is 3. The Balaban J connectivity index is 1.24. The van der Waals surface area contributed by atoms with Crippen LogP contribution in [0.1, 0.15) is 47.4 Å². The Morgan fingerprint density at radius 1 is 1.06 bits per heavy atom. The molecule has 1 atom stereocenters. The number of benzene rings is 2. The first-order valence-corrected chi connectivity index (χ1v) is 11.9. The minimum absolute atomic E-state index is 0.150. The molecule has 6 rings (SSSR count). The lowest BCUT2D eigenvalue weighted by atomic mass is 10.00. The minimum atomic E-state index is -0.518. The van der Waals surface area contributed by atoms with Crippen LogP contribution in [0.3, 0.4) is 0 Å². The number of rotatable bonds is 5. The molecule has 0 bridgehead atoms. The number of hydrogen-bond acceptors (Lipinski definition) is 4. The smallest absolute Gasteiger partial charge is 0.342 e. The molecule has 2 aromatic carbocycles. The van der Waals surface area contributed by atoms with Crippen LogP contribution in [0, 0.1) is 17.7 Å². The predicted molar refractivity (Wildman–Crippen MR) is 123 cm³/mol. The Kier molecular flexibility index (Phi) is 4.97. The fourth-order valence-electron chi connectivity index (χ4n) is 5.26. The number of Topliss-reactive ketones (excluding diaryl/α,β-unsaturated/α-hetero) is 1. The molecule has 1 saturated carbocycles. The van der Waals surface area contributed by atoms with Gasteiger partial charge in [-0.15, -0.1) is 0 Å². The maximum atomic E-state index is 15.3. The van der Waals surface area contributed by atoms with Crippen molar-refractivity contribution in [3.63, 3.8) is 0 Å². The van der Waals surface area contributed by atoms with Crippen LogP contribution in [0.5, 0.6) is 0 Å². The van der Waals surface area contributed by atoms with E-state index in [2.05, 4.69) is 10.2 Å². The van der Waals surface area contributed by atoms with Crippen LogP contribution in [0.15, 0.2) is 41.2 Å². The van der Waals surface area contributed by atoms with Crippen molar-refractivity contribution >= 4 is 11.7 Å². The third-order valence-corrected chi connectivity index (χ3v) is 7.29. The summed E-state index contributed by atoms with van der Waals surface area (Å²) in [5, 5.41) is 6.62. The van der Waals surface area contributed by atoms with Crippen LogP contribution >= 0.6 is 0 Å². The fourth-order valence-corrected chi connectivity index (χ4v) is 5.26. The van der Waals surface area contributed by atoms with Crippen molar-refractivity contribution in [2.75, 3.05) is 13.1 Å². The molecule has 3 aliphatic rings. The highest BCUT2D eigenvalue weighted by Gasteiger charge is 2.37. The van der Waals surface area contributed by atoms with Gasteiger partial charge in [0.15, 0.2) is 5.78 Å². The Morgan fingerprint density at radius 3 is 2.65 bits per heavy atom. The molecule has 2 aliphatic carbocycles. The van der Waals surface area contributed by atoms with E-state index in [4.69, 9.17) is 0 Å². The van der Waals surface area contributed by atoms with E-state index in [0.717, 1.165) is 42.5 Å². The minimum Gasteiger partial charge on any atom is -0.342 e. The number of ketones is 1. The number of amides is 1. The molecule has 8 heteroatoms. The molecule has 2 heterocycles. The van der Waals surface area contributed by atoms with E-state index in [1.165, 1.54) is 10.6 Å². The van der Waals surface area contributed by atoms with E-state index in [9.17, 15) is 14.4 Å². The zero-order valence-electron chi connectivity index (χ0n) is 18.7. The first-order valence-electron chi connectivity index (χ1n) is 11.9. The molecule has 1 N–H and O–H groups in total. The molecule has 2 fully saturated rings. The quantitative estimate of drug-likeness (QED) is 0.633. The zero-order chi connectivity index (χ0) is 23.4. The first-order chi connectivity index (χ1) is 16.5. The predicted octanol–water partition coefficient (Wildman–Crippen LogP) is 3.30. The Labute approximate surface area is 195 Å². The van der Waals surface area contributed by atoms with Gasteiger partial charge in [0.1, 0.15) is 11.6 Å². The SMILES string of the molecule is O=C1CCc2cc(-c3ccc(-n4c(C[C@@H]5CCN(C(=O)C6CC6)C5)n[nH]c4=O)c(F)c3)ccc21. The summed E-state index contributed by atoms with van der Waals surface area (Å²) in [4.78, 5) is 38.7. The maximum Gasteiger partial charge on any atom is 0.348 e. The average molecular weight is 461 g/mol. The van der Waals surface area contributed by atoms with Crippen molar-refractivity contribution in [1.82, 2.24) is 19.7 Å². The van der Waals surface area contributed by atoms with Gasteiger partial charge in [-0.05, 0) is 60.4 Å². The zero-order valence-corrected chi connectivity index (χ0v) is 18.7. The van der Waals surface area contributed by atoms with Crippen molar-refractivity contribution < 1.29 is 14.0 Å². The number of nitrogens with zero attached hydrogens (tertiary/aromatic N) is 3. The van der Waals surface area contributed by atoms with E-state index in [1.54, 1.807) is 12.1 Å².